The highest BCUT2D eigenvalue weighted by Crippen LogP contribution is 2.49. The Morgan fingerprint density at radius 3 is 2.33 bits per heavy atom. The number of alkyl halides is 1. The molecule has 0 saturated carbocycles. The van der Waals surface area contributed by atoms with E-state index < -0.39 is 22.8 Å². The first kappa shape index (κ1) is 15.2. The van der Waals surface area contributed by atoms with Crippen molar-refractivity contribution in [3.05, 3.63) is 12.2 Å². The summed E-state index contributed by atoms with van der Waals surface area (Å²) in [5, 5.41) is 18.8. The van der Waals surface area contributed by atoms with E-state index in [2.05, 4.69) is 15.9 Å². The molecule has 1 aliphatic carbocycles. The number of aliphatic carboxylic acids is 2. The van der Waals surface area contributed by atoms with Crippen molar-refractivity contribution in [2.24, 2.45) is 16.7 Å². The van der Waals surface area contributed by atoms with Gasteiger partial charge in [0.25, 0.3) is 0 Å². The van der Waals surface area contributed by atoms with Gasteiger partial charge in [-0.2, -0.15) is 0 Å². The minimum Gasteiger partial charge on any atom is -0.481 e. The van der Waals surface area contributed by atoms with Crippen LogP contribution in [0.5, 0.6) is 0 Å². The first-order chi connectivity index (χ1) is 8.14. The summed E-state index contributed by atoms with van der Waals surface area (Å²) < 4.78 is 0. The van der Waals surface area contributed by atoms with Gasteiger partial charge in [-0.05, 0) is 25.7 Å². The molecule has 0 aromatic carbocycles. The van der Waals surface area contributed by atoms with Crippen molar-refractivity contribution in [3.63, 3.8) is 0 Å². The van der Waals surface area contributed by atoms with E-state index in [1.54, 1.807) is 19.1 Å². The molecule has 0 spiro atoms. The van der Waals surface area contributed by atoms with E-state index in [0.717, 1.165) is 0 Å². The Hall–Kier alpha value is -0.840. The summed E-state index contributed by atoms with van der Waals surface area (Å²) in [6, 6.07) is 0. The number of halogens is 1. The maximum Gasteiger partial charge on any atom is 0.313 e. The lowest BCUT2D eigenvalue weighted by molar-refractivity contribution is -0.156. The van der Waals surface area contributed by atoms with E-state index in [1.165, 1.54) is 0 Å². The molecule has 0 saturated heterocycles. The zero-order valence-electron chi connectivity index (χ0n) is 10.8. The second-order valence-electron chi connectivity index (χ2n) is 5.72. The van der Waals surface area contributed by atoms with Gasteiger partial charge in [0.1, 0.15) is 0 Å². The van der Waals surface area contributed by atoms with Crippen molar-refractivity contribution in [2.75, 3.05) is 0 Å². The predicted molar refractivity (Wildman–Crippen MR) is 71.7 cm³/mol. The third-order valence-corrected chi connectivity index (χ3v) is 4.71. The third kappa shape index (κ3) is 2.60. The van der Waals surface area contributed by atoms with Crippen LogP contribution in [0.3, 0.4) is 0 Å². The van der Waals surface area contributed by atoms with Crippen LogP contribution in [0.15, 0.2) is 12.2 Å². The quantitative estimate of drug-likeness (QED) is 0.617. The average Bonchev–Trinajstić information content (AvgIpc) is 2.22. The fourth-order valence-corrected chi connectivity index (χ4v) is 3.33. The normalized spacial score (nSPS) is 35.7. The topological polar surface area (TPSA) is 74.6 Å². The number of carboxylic acids is 2. The monoisotopic (exact) mass is 318 g/mol. The van der Waals surface area contributed by atoms with E-state index in [9.17, 15) is 19.8 Å². The van der Waals surface area contributed by atoms with E-state index >= 15 is 0 Å². The molecule has 102 valence electrons. The van der Waals surface area contributed by atoms with Crippen LogP contribution in [0, 0.1) is 16.7 Å². The van der Waals surface area contributed by atoms with Gasteiger partial charge < -0.3 is 10.2 Å². The Morgan fingerprint density at radius 2 is 1.94 bits per heavy atom. The van der Waals surface area contributed by atoms with E-state index in [4.69, 9.17) is 0 Å². The van der Waals surface area contributed by atoms with Gasteiger partial charge in [-0.15, -0.1) is 0 Å². The third-order valence-electron chi connectivity index (χ3n) is 3.53. The molecule has 1 rings (SSSR count). The van der Waals surface area contributed by atoms with Crippen LogP contribution in [-0.4, -0.2) is 27.0 Å². The Labute approximate surface area is 115 Å². The number of carbonyl (C=O) groups is 2. The fourth-order valence-electron chi connectivity index (χ4n) is 2.63. The average molecular weight is 319 g/mol. The first-order valence-corrected chi connectivity index (χ1v) is 6.86. The number of rotatable bonds is 4. The Balaban J connectivity index is 3.22. The molecule has 0 aliphatic heterocycles. The minimum atomic E-state index is -1.11. The van der Waals surface area contributed by atoms with Crippen molar-refractivity contribution in [1.29, 1.82) is 0 Å². The van der Waals surface area contributed by atoms with Crippen LogP contribution in [0.4, 0.5) is 0 Å². The molecule has 0 heterocycles. The number of carboxylic acid groups (broad SMARTS) is 2. The lowest BCUT2D eigenvalue weighted by Gasteiger charge is -2.42. The summed E-state index contributed by atoms with van der Waals surface area (Å²) in [6.45, 7) is 5.46. The Morgan fingerprint density at radius 1 is 1.39 bits per heavy atom. The van der Waals surface area contributed by atoms with Crippen molar-refractivity contribution in [2.45, 2.75) is 38.4 Å². The first-order valence-electron chi connectivity index (χ1n) is 5.94. The van der Waals surface area contributed by atoms with Crippen LogP contribution in [0.2, 0.25) is 0 Å². The Kier molecular flexibility index (Phi) is 4.26. The number of allylic oxidation sites excluding steroid dienone is 1. The molecule has 0 amide bonds. The van der Waals surface area contributed by atoms with Crippen LogP contribution in [0.1, 0.15) is 33.6 Å². The fraction of sp³-hybridized carbons (Fsp3) is 0.692. The molecule has 0 fully saturated rings. The molecule has 4 nitrogen and oxygen atoms in total. The van der Waals surface area contributed by atoms with Crippen molar-refractivity contribution in [3.8, 4) is 0 Å². The molecular formula is C13H19BrO4. The summed E-state index contributed by atoms with van der Waals surface area (Å²) in [4.78, 5) is 22.7. The smallest absolute Gasteiger partial charge is 0.313 e. The van der Waals surface area contributed by atoms with Crippen molar-refractivity contribution >= 4 is 27.9 Å². The molecular weight excluding hydrogens is 300 g/mol. The maximum absolute atomic E-state index is 11.7. The molecule has 5 heteroatoms. The summed E-state index contributed by atoms with van der Waals surface area (Å²) in [7, 11) is 0. The van der Waals surface area contributed by atoms with Crippen molar-refractivity contribution in [1.82, 2.24) is 0 Å². The largest absolute Gasteiger partial charge is 0.481 e. The molecule has 3 atom stereocenters. The molecule has 3 unspecified atom stereocenters. The zero-order chi connectivity index (χ0) is 14.1. The maximum atomic E-state index is 11.7. The molecule has 18 heavy (non-hydrogen) atoms. The highest BCUT2D eigenvalue weighted by Gasteiger charge is 2.53. The SMILES string of the molecule is CC(C)CC1(C(=O)O)CC(C)(C(=O)O)C=CC1Br. The van der Waals surface area contributed by atoms with Crippen LogP contribution in [0.25, 0.3) is 0 Å². The summed E-state index contributed by atoms with van der Waals surface area (Å²) in [5.74, 6) is -1.73. The highest BCUT2D eigenvalue weighted by molar-refractivity contribution is 9.09. The van der Waals surface area contributed by atoms with Crippen LogP contribution in [-0.2, 0) is 9.59 Å². The summed E-state index contributed by atoms with van der Waals surface area (Å²) >= 11 is 3.38. The van der Waals surface area contributed by atoms with Gasteiger partial charge in [0.15, 0.2) is 0 Å². The van der Waals surface area contributed by atoms with Crippen molar-refractivity contribution < 1.29 is 19.8 Å². The van der Waals surface area contributed by atoms with E-state index in [0.29, 0.717) is 6.42 Å². The van der Waals surface area contributed by atoms with Gasteiger partial charge in [-0.1, -0.05) is 41.9 Å². The molecule has 0 aromatic heterocycles. The van der Waals surface area contributed by atoms with Crippen LogP contribution >= 0.6 is 15.9 Å². The molecule has 0 bridgehead atoms. The van der Waals surface area contributed by atoms with E-state index in [-0.39, 0.29) is 17.2 Å². The summed E-state index contributed by atoms with van der Waals surface area (Å²) in [6.07, 6.45) is 3.81. The predicted octanol–water partition coefficient (Wildman–Crippen LogP) is 2.92. The van der Waals surface area contributed by atoms with Crippen LogP contribution < -0.4 is 0 Å². The lowest BCUT2D eigenvalue weighted by Crippen LogP contribution is -2.48. The standard InChI is InChI=1S/C13H19BrO4/c1-8(2)6-13(11(17)18)7-12(3,10(15)16)5-4-9(13)14/h4-5,8-9H,6-7H2,1-3H3,(H,15,16)(H,17,18). The lowest BCUT2D eigenvalue weighted by atomic mass is 9.63. The van der Waals surface area contributed by atoms with Gasteiger partial charge >= 0.3 is 11.9 Å². The second-order valence-corrected chi connectivity index (χ2v) is 6.71. The highest BCUT2D eigenvalue weighted by atomic mass is 79.9. The number of hydrogen-bond acceptors (Lipinski definition) is 2. The van der Waals surface area contributed by atoms with Gasteiger partial charge in [0.05, 0.1) is 10.8 Å². The van der Waals surface area contributed by atoms with Gasteiger partial charge in [-0.25, -0.2) is 0 Å². The summed E-state index contributed by atoms with van der Waals surface area (Å²) in [5.41, 5.74) is -2.17. The van der Waals surface area contributed by atoms with Gasteiger partial charge in [-0.3, -0.25) is 9.59 Å². The molecule has 0 aromatic rings. The van der Waals surface area contributed by atoms with E-state index in [1.807, 2.05) is 13.8 Å². The molecule has 0 radical (unpaired) electrons. The zero-order valence-corrected chi connectivity index (χ0v) is 12.4. The van der Waals surface area contributed by atoms with Gasteiger partial charge in [0.2, 0.25) is 0 Å². The molecule has 1 aliphatic rings. The minimum absolute atomic E-state index is 0.106. The molecule has 2 N–H and O–H groups in total. The second kappa shape index (κ2) is 5.03. The Bertz CT molecular complexity index is 390. The van der Waals surface area contributed by atoms with Gasteiger partial charge in [0, 0.05) is 4.83 Å². The number of hydrogen-bond donors (Lipinski definition) is 2.